The fourth-order valence-corrected chi connectivity index (χ4v) is 6.05. The first-order valence-corrected chi connectivity index (χ1v) is 16.6. The quantitative estimate of drug-likeness (QED) is 0.0876. The number of unbranched alkanes of at least 4 members (excludes halogenated alkanes) is 5. The average Bonchev–Trinajstić information content (AvgIpc) is 3.03. The fourth-order valence-electron chi connectivity index (χ4n) is 4.43. The van der Waals surface area contributed by atoms with E-state index in [2.05, 4.69) is 41.0 Å². The van der Waals surface area contributed by atoms with Gasteiger partial charge in [0.15, 0.2) is 0 Å². The Kier molecular flexibility index (Phi) is 16.5. The highest BCUT2D eigenvalue weighted by molar-refractivity contribution is 7.52. The summed E-state index contributed by atoms with van der Waals surface area (Å²) in [6.07, 6.45) is 9.30. The maximum atomic E-state index is 13.9. The largest absolute Gasteiger partial charge is 0.469 e. The zero-order valence-electron chi connectivity index (χ0n) is 25.8. The number of carbonyl (C=O) groups excluding carboxylic acids is 2. The van der Waals surface area contributed by atoms with Crippen molar-refractivity contribution in [1.29, 1.82) is 0 Å². The molecule has 2 aromatic rings. The summed E-state index contributed by atoms with van der Waals surface area (Å²) in [7, 11) is -1.85. The number of hydrogen-bond acceptors (Lipinski definition) is 9. The summed E-state index contributed by atoms with van der Waals surface area (Å²) >= 11 is 0. The Hall–Kier alpha value is -2.75. The Labute approximate surface area is 256 Å². The van der Waals surface area contributed by atoms with Crippen molar-refractivity contribution < 1.29 is 37.8 Å². The molecular weight excluding hydrogens is 571 g/mol. The summed E-state index contributed by atoms with van der Waals surface area (Å²) in [6.45, 7) is 1.46. The minimum absolute atomic E-state index is 0.0759. The van der Waals surface area contributed by atoms with Gasteiger partial charge in [0.2, 0.25) is 0 Å². The number of aliphatic hydroxyl groups excluding tert-OH is 1. The van der Waals surface area contributed by atoms with E-state index >= 15 is 0 Å². The van der Waals surface area contributed by atoms with Crippen LogP contribution in [0, 0.1) is 0 Å². The lowest BCUT2D eigenvalue weighted by Gasteiger charge is -2.30. The van der Waals surface area contributed by atoms with Gasteiger partial charge in [0, 0.05) is 6.42 Å². The van der Waals surface area contributed by atoms with E-state index in [4.69, 9.17) is 19.5 Å². The highest BCUT2D eigenvalue weighted by Gasteiger charge is 2.37. The fraction of sp³-hybridized carbons (Fsp3) is 0.562. The number of rotatable bonds is 22. The molecule has 0 aliphatic carbocycles. The summed E-state index contributed by atoms with van der Waals surface area (Å²) in [4.78, 5) is 24.2. The van der Waals surface area contributed by atoms with Gasteiger partial charge in [0.05, 0.1) is 33.0 Å². The molecule has 0 saturated carbocycles. The Balaban J connectivity index is 2.05. The van der Waals surface area contributed by atoms with Gasteiger partial charge in [-0.05, 0) is 55.4 Å². The van der Waals surface area contributed by atoms with Crippen LogP contribution in [0.5, 0.6) is 5.75 Å². The number of benzene rings is 2. The van der Waals surface area contributed by atoms with Crippen LogP contribution in [0.25, 0.3) is 0 Å². The Morgan fingerprint density at radius 3 is 2.16 bits per heavy atom. The van der Waals surface area contributed by atoms with Crippen LogP contribution in [0.1, 0.15) is 75.8 Å². The summed E-state index contributed by atoms with van der Waals surface area (Å²) < 4.78 is 34.9. The van der Waals surface area contributed by atoms with Gasteiger partial charge in [0.1, 0.15) is 11.8 Å². The van der Waals surface area contributed by atoms with E-state index < -0.39 is 37.9 Å². The van der Waals surface area contributed by atoms with Gasteiger partial charge in [-0.1, -0.05) is 81.5 Å². The Morgan fingerprint density at radius 2 is 1.56 bits per heavy atom. The first-order valence-electron chi connectivity index (χ1n) is 15.0. The number of methoxy groups -OCH3 is 2. The van der Waals surface area contributed by atoms with Gasteiger partial charge < -0.3 is 24.8 Å². The van der Waals surface area contributed by atoms with Crippen LogP contribution in [-0.2, 0) is 41.0 Å². The van der Waals surface area contributed by atoms with Crippen LogP contribution in [0.2, 0.25) is 0 Å². The van der Waals surface area contributed by atoms with Gasteiger partial charge in [-0.25, -0.2) is 4.57 Å². The maximum absolute atomic E-state index is 13.9. The summed E-state index contributed by atoms with van der Waals surface area (Å²) in [5.74, 6) is -1.08. The highest BCUT2D eigenvalue weighted by Crippen LogP contribution is 2.46. The molecule has 0 radical (unpaired) electrons. The highest BCUT2D eigenvalue weighted by atomic mass is 31.2. The predicted molar refractivity (Wildman–Crippen MR) is 167 cm³/mol. The van der Waals surface area contributed by atoms with Gasteiger partial charge in [0.25, 0.3) is 0 Å². The maximum Gasteiger partial charge on any atom is 0.459 e. The topological polar surface area (TPSA) is 146 Å². The van der Waals surface area contributed by atoms with E-state index in [1.165, 1.54) is 58.3 Å². The molecule has 10 nitrogen and oxygen atoms in total. The van der Waals surface area contributed by atoms with Crippen molar-refractivity contribution in [3.63, 3.8) is 0 Å². The average molecular weight is 621 g/mol. The number of hydrogen-bond donors (Lipinski definition) is 3. The third-order valence-electron chi connectivity index (χ3n) is 7.22. The Morgan fingerprint density at radius 1 is 0.930 bits per heavy atom. The molecule has 240 valence electrons. The molecule has 0 aromatic heterocycles. The van der Waals surface area contributed by atoms with Crippen LogP contribution in [0.4, 0.5) is 0 Å². The third kappa shape index (κ3) is 14.1. The molecule has 43 heavy (non-hydrogen) atoms. The lowest BCUT2D eigenvalue weighted by atomic mass is 9.93. The molecule has 2 aromatic carbocycles. The van der Waals surface area contributed by atoms with Crippen molar-refractivity contribution in [2.45, 2.75) is 89.1 Å². The van der Waals surface area contributed by atoms with E-state index in [0.29, 0.717) is 12.8 Å². The van der Waals surface area contributed by atoms with Crippen molar-refractivity contribution >= 4 is 19.7 Å². The first-order chi connectivity index (χ1) is 20.7. The second kappa shape index (κ2) is 19.5. The molecule has 0 amide bonds. The molecule has 0 spiro atoms. The number of esters is 2. The van der Waals surface area contributed by atoms with E-state index in [1.807, 2.05) is 0 Å². The number of para-hydroxylation sites is 1. The summed E-state index contributed by atoms with van der Waals surface area (Å²) in [6, 6.07) is 15.5. The molecule has 0 aliphatic heterocycles. The minimum atomic E-state index is -4.26. The second-order valence-corrected chi connectivity index (χ2v) is 12.5. The van der Waals surface area contributed by atoms with Crippen LogP contribution < -0.4 is 15.3 Å². The molecule has 3 unspecified atom stereocenters. The molecule has 0 heterocycles. The third-order valence-corrected chi connectivity index (χ3v) is 8.77. The molecule has 0 fully saturated rings. The standard InChI is InChI=1S/C32H49N2O8P/c1-4-5-6-7-8-10-13-26-16-18-27(19-17-26)22-23-32(33,24-35)25-41-43(38,42-28-14-11-9-12-15-28)34-29(31(37)40-3)20-21-30(36)39-2/h9,11-12,14-19,29,35H,4-8,10,13,20-25,33H2,1-3H3,(H,34,38). The van der Waals surface area contributed by atoms with Crippen LogP contribution in [0.3, 0.4) is 0 Å². The van der Waals surface area contributed by atoms with E-state index in [1.54, 1.807) is 30.3 Å². The second-order valence-electron chi connectivity index (χ2n) is 10.8. The lowest BCUT2D eigenvalue weighted by Crippen LogP contribution is -2.49. The zero-order valence-corrected chi connectivity index (χ0v) is 26.7. The van der Waals surface area contributed by atoms with Crippen molar-refractivity contribution in [1.82, 2.24) is 5.09 Å². The van der Waals surface area contributed by atoms with E-state index in [0.717, 1.165) is 12.0 Å². The lowest BCUT2D eigenvalue weighted by molar-refractivity contribution is -0.144. The molecule has 0 saturated heterocycles. The van der Waals surface area contributed by atoms with Crippen LogP contribution >= 0.6 is 7.75 Å². The number of aliphatic hydroxyl groups is 1. The minimum Gasteiger partial charge on any atom is -0.469 e. The number of nitrogens with one attached hydrogen (secondary N) is 1. The van der Waals surface area contributed by atoms with Crippen molar-refractivity contribution in [3.8, 4) is 5.75 Å². The normalized spacial score (nSPS) is 14.7. The number of ether oxygens (including phenoxy) is 2. The molecule has 11 heteroatoms. The molecule has 3 atom stereocenters. The smallest absolute Gasteiger partial charge is 0.459 e. The van der Waals surface area contributed by atoms with Gasteiger partial charge in [-0.3, -0.25) is 14.1 Å². The van der Waals surface area contributed by atoms with Gasteiger partial charge >= 0.3 is 19.7 Å². The van der Waals surface area contributed by atoms with Crippen molar-refractivity contribution in [3.05, 3.63) is 65.7 Å². The van der Waals surface area contributed by atoms with Crippen LogP contribution in [0.15, 0.2) is 54.6 Å². The van der Waals surface area contributed by atoms with Crippen LogP contribution in [-0.4, -0.2) is 56.1 Å². The van der Waals surface area contributed by atoms with Gasteiger partial charge in [-0.2, -0.15) is 5.09 Å². The summed E-state index contributed by atoms with van der Waals surface area (Å²) in [5.41, 5.74) is 7.60. The molecule has 2 rings (SSSR count). The number of carbonyl (C=O) groups is 2. The molecule has 4 N–H and O–H groups in total. The summed E-state index contributed by atoms with van der Waals surface area (Å²) in [5, 5.41) is 12.8. The van der Waals surface area contributed by atoms with Crippen molar-refractivity contribution in [2.24, 2.45) is 5.73 Å². The zero-order chi connectivity index (χ0) is 31.6. The number of nitrogens with two attached hydrogens (primary N) is 1. The van der Waals surface area contributed by atoms with Crippen molar-refractivity contribution in [2.75, 3.05) is 27.4 Å². The van der Waals surface area contributed by atoms with E-state index in [-0.39, 0.29) is 25.2 Å². The number of aryl methyl sites for hydroxylation is 2. The Bertz CT molecular complexity index is 1130. The SMILES string of the molecule is CCCCCCCCc1ccc(CCC(N)(CO)COP(=O)(NC(CCC(=O)OC)C(=O)OC)Oc2ccccc2)cc1. The first kappa shape index (κ1) is 36.4. The van der Waals surface area contributed by atoms with E-state index in [9.17, 15) is 19.3 Å². The molecule has 0 bridgehead atoms. The molecule has 0 aliphatic rings. The monoisotopic (exact) mass is 620 g/mol. The van der Waals surface area contributed by atoms with Gasteiger partial charge in [-0.15, -0.1) is 0 Å². The molecular formula is C32H49N2O8P. The predicted octanol–water partition coefficient (Wildman–Crippen LogP) is 5.50.